The van der Waals surface area contributed by atoms with Gasteiger partial charge < -0.3 is 14.6 Å². The number of hydrogen-bond acceptors (Lipinski definition) is 5. The lowest BCUT2D eigenvalue weighted by Crippen LogP contribution is -2.60. The van der Waals surface area contributed by atoms with Crippen molar-refractivity contribution in [1.82, 2.24) is 4.90 Å². The van der Waals surface area contributed by atoms with Crippen LogP contribution in [0.15, 0.2) is 0 Å². The highest BCUT2D eigenvalue weighted by Gasteiger charge is 2.43. The second kappa shape index (κ2) is 7.71. The fourth-order valence-electron chi connectivity index (χ4n) is 3.20. The molecule has 0 radical (unpaired) electrons. The quantitative estimate of drug-likeness (QED) is 0.720. The van der Waals surface area contributed by atoms with Crippen molar-refractivity contribution in [2.24, 2.45) is 5.41 Å². The molecule has 0 aliphatic carbocycles. The number of piperidine rings is 1. The Labute approximate surface area is 147 Å². The number of esters is 1. The van der Waals surface area contributed by atoms with Gasteiger partial charge in [0.15, 0.2) is 0 Å². The van der Waals surface area contributed by atoms with Gasteiger partial charge in [0.1, 0.15) is 12.7 Å². The molecule has 1 N–H and O–H groups in total. The summed E-state index contributed by atoms with van der Waals surface area (Å²) in [6, 6.07) is 0. The molecule has 0 aromatic heterocycles. The number of carbonyl (C=O) groups excluding carboxylic acids is 1. The molecule has 0 aromatic rings. The Bertz CT molecular complexity index is 413. The van der Waals surface area contributed by atoms with Crippen molar-refractivity contribution in [1.29, 1.82) is 0 Å². The third-order valence-corrected chi connectivity index (χ3v) is 5.64. The number of ether oxygens (including phenoxy) is 2. The Hall–Kier alpha value is -0.650. The van der Waals surface area contributed by atoms with Crippen molar-refractivity contribution in [3.8, 4) is 0 Å². The molecular weight excluding hydrogens is 306 g/mol. The maximum Gasteiger partial charge on any atom is 0.311 e. The van der Waals surface area contributed by atoms with E-state index in [4.69, 9.17) is 9.47 Å². The van der Waals surface area contributed by atoms with E-state index in [0.29, 0.717) is 6.42 Å². The molecule has 1 rings (SSSR count). The van der Waals surface area contributed by atoms with E-state index in [1.54, 1.807) is 0 Å². The predicted molar refractivity (Wildman–Crippen MR) is 95.9 cm³/mol. The van der Waals surface area contributed by atoms with Crippen LogP contribution in [-0.4, -0.2) is 59.5 Å². The summed E-state index contributed by atoms with van der Waals surface area (Å²) < 4.78 is 11.2. The molecule has 5 heteroatoms. The van der Waals surface area contributed by atoms with Crippen molar-refractivity contribution in [2.75, 3.05) is 20.3 Å². The van der Waals surface area contributed by atoms with E-state index in [1.807, 2.05) is 20.8 Å². The Kier molecular flexibility index (Phi) is 6.87. The van der Waals surface area contributed by atoms with E-state index in [9.17, 15) is 9.90 Å². The molecule has 0 amide bonds. The molecule has 24 heavy (non-hydrogen) atoms. The lowest BCUT2D eigenvalue weighted by Gasteiger charge is -2.53. The number of rotatable bonds is 7. The standard InChI is InChI=1S/C19H37NO4/c1-9-17(2,3)16(22)24-13-14(21)12-23-15-10-18(4,5)20(8)19(6,7)11-15/h14-15,21H,9-13H2,1-8H3. The fraction of sp³-hybridized carbons (Fsp3) is 0.947. The van der Waals surface area contributed by atoms with Gasteiger partial charge in [0, 0.05) is 11.1 Å². The van der Waals surface area contributed by atoms with Gasteiger partial charge >= 0.3 is 5.97 Å². The molecule has 5 nitrogen and oxygen atoms in total. The summed E-state index contributed by atoms with van der Waals surface area (Å²) in [6.45, 7) is 14.7. The number of nitrogens with zero attached hydrogens (tertiary/aromatic N) is 1. The summed E-state index contributed by atoms with van der Waals surface area (Å²) in [6.07, 6.45) is 1.86. The second-order valence-corrected chi connectivity index (χ2v) is 9.04. The van der Waals surface area contributed by atoms with Crippen molar-refractivity contribution < 1.29 is 19.4 Å². The first kappa shape index (κ1) is 21.4. The summed E-state index contributed by atoms with van der Waals surface area (Å²) in [5.41, 5.74) is -0.410. The Morgan fingerprint density at radius 2 is 1.71 bits per heavy atom. The van der Waals surface area contributed by atoms with Gasteiger partial charge in [-0.1, -0.05) is 6.92 Å². The summed E-state index contributed by atoms with van der Waals surface area (Å²) in [4.78, 5) is 14.3. The van der Waals surface area contributed by atoms with Gasteiger partial charge in [-0.3, -0.25) is 9.69 Å². The summed E-state index contributed by atoms with van der Waals surface area (Å²) in [5, 5.41) is 10.1. The van der Waals surface area contributed by atoms with Crippen LogP contribution in [0.3, 0.4) is 0 Å². The first-order valence-corrected chi connectivity index (χ1v) is 9.02. The SMILES string of the molecule is CCC(C)(C)C(=O)OCC(O)COC1CC(C)(C)N(C)C(C)(C)C1. The highest BCUT2D eigenvalue weighted by molar-refractivity contribution is 5.75. The second-order valence-electron chi connectivity index (χ2n) is 9.04. The molecule has 1 aliphatic heterocycles. The van der Waals surface area contributed by atoms with Gasteiger partial charge in [-0.25, -0.2) is 0 Å². The largest absolute Gasteiger partial charge is 0.462 e. The number of hydrogen-bond donors (Lipinski definition) is 1. The Morgan fingerprint density at radius 3 is 2.17 bits per heavy atom. The third kappa shape index (κ3) is 5.43. The summed E-state index contributed by atoms with van der Waals surface area (Å²) >= 11 is 0. The highest BCUT2D eigenvalue weighted by atomic mass is 16.6. The minimum Gasteiger partial charge on any atom is -0.462 e. The molecular formula is C19H37NO4. The first-order valence-electron chi connectivity index (χ1n) is 9.02. The molecule has 0 bridgehead atoms. The first-order chi connectivity index (χ1) is 10.8. The van der Waals surface area contributed by atoms with E-state index >= 15 is 0 Å². The van der Waals surface area contributed by atoms with E-state index in [-0.39, 0.29) is 36.4 Å². The zero-order valence-corrected chi connectivity index (χ0v) is 16.8. The number of carbonyl (C=O) groups is 1. The predicted octanol–water partition coefficient (Wildman–Crippen LogP) is 2.99. The molecule has 0 aromatic carbocycles. The monoisotopic (exact) mass is 343 g/mol. The van der Waals surface area contributed by atoms with Crippen LogP contribution in [0.4, 0.5) is 0 Å². The molecule has 142 valence electrons. The van der Waals surface area contributed by atoms with Crippen molar-refractivity contribution >= 4 is 5.97 Å². The lowest BCUT2D eigenvalue weighted by atomic mass is 9.79. The lowest BCUT2D eigenvalue weighted by molar-refractivity contribution is -0.159. The maximum atomic E-state index is 11.9. The molecule has 1 atom stereocenters. The van der Waals surface area contributed by atoms with Gasteiger partial charge in [0.25, 0.3) is 0 Å². The van der Waals surface area contributed by atoms with E-state index in [2.05, 4.69) is 39.6 Å². The van der Waals surface area contributed by atoms with Crippen LogP contribution in [0.2, 0.25) is 0 Å². The van der Waals surface area contributed by atoms with E-state index in [0.717, 1.165) is 12.8 Å². The van der Waals surface area contributed by atoms with Gasteiger partial charge in [-0.15, -0.1) is 0 Å². The van der Waals surface area contributed by atoms with Crippen LogP contribution in [0.1, 0.15) is 67.7 Å². The maximum absolute atomic E-state index is 11.9. The molecule has 1 heterocycles. The van der Waals surface area contributed by atoms with Crippen molar-refractivity contribution in [3.63, 3.8) is 0 Å². The van der Waals surface area contributed by atoms with Gasteiger partial charge in [-0.2, -0.15) is 0 Å². The summed E-state index contributed by atoms with van der Waals surface area (Å²) in [7, 11) is 2.15. The minimum absolute atomic E-state index is 0.0122. The van der Waals surface area contributed by atoms with Gasteiger partial charge in [0.2, 0.25) is 0 Å². The fourth-order valence-corrected chi connectivity index (χ4v) is 3.20. The van der Waals surface area contributed by atoms with Crippen LogP contribution < -0.4 is 0 Å². The van der Waals surface area contributed by atoms with Crippen molar-refractivity contribution in [2.45, 2.75) is 91.0 Å². The van der Waals surface area contributed by atoms with E-state index in [1.165, 1.54) is 0 Å². The van der Waals surface area contributed by atoms with Crippen LogP contribution in [0.25, 0.3) is 0 Å². The Morgan fingerprint density at radius 1 is 1.21 bits per heavy atom. The van der Waals surface area contributed by atoms with Crippen LogP contribution in [-0.2, 0) is 14.3 Å². The third-order valence-electron chi connectivity index (χ3n) is 5.64. The molecule has 0 spiro atoms. The van der Waals surface area contributed by atoms with Gasteiger partial charge in [0.05, 0.1) is 18.1 Å². The zero-order valence-electron chi connectivity index (χ0n) is 16.8. The smallest absolute Gasteiger partial charge is 0.311 e. The average molecular weight is 344 g/mol. The van der Waals surface area contributed by atoms with Crippen LogP contribution in [0.5, 0.6) is 0 Å². The minimum atomic E-state index is -0.785. The van der Waals surface area contributed by atoms with Gasteiger partial charge in [-0.05, 0) is 67.9 Å². The highest BCUT2D eigenvalue weighted by Crippen LogP contribution is 2.38. The van der Waals surface area contributed by atoms with Crippen molar-refractivity contribution in [3.05, 3.63) is 0 Å². The number of aliphatic hydroxyl groups excluding tert-OH is 1. The zero-order chi connectivity index (χ0) is 18.8. The van der Waals surface area contributed by atoms with Crippen LogP contribution in [0, 0.1) is 5.41 Å². The molecule has 1 aliphatic rings. The molecule has 1 fully saturated rings. The molecule has 1 saturated heterocycles. The topological polar surface area (TPSA) is 59.0 Å². The van der Waals surface area contributed by atoms with E-state index < -0.39 is 11.5 Å². The Balaban J connectivity index is 2.45. The molecule has 0 saturated carbocycles. The van der Waals surface area contributed by atoms with Crippen LogP contribution >= 0.6 is 0 Å². The number of likely N-dealkylation sites (tertiary alicyclic amines) is 1. The normalized spacial score (nSPS) is 23.0. The molecule has 1 unspecified atom stereocenters. The summed E-state index contributed by atoms with van der Waals surface area (Å²) in [5.74, 6) is -0.273. The average Bonchev–Trinajstić information content (AvgIpc) is 2.47. The number of aliphatic hydroxyl groups is 1.